The van der Waals surface area contributed by atoms with Crippen molar-refractivity contribution in [2.75, 3.05) is 27.4 Å². The van der Waals surface area contributed by atoms with Gasteiger partial charge in [0.15, 0.2) is 11.7 Å². The molecule has 0 radical (unpaired) electrons. The van der Waals surface area contributed by atoms with Crippen LogP contribution in [0.1, 0.15) is 20.3 Å². The van der Waals surface area contributed by atoms with E-state index < -0.39 is 23.6 Å². The summed E-state index contributed by atoms with van der Waals surface area (Å²) in [7, 11) is 2.50. The lowest BCUT2D eigenvalue weighted by Crippen LogP contribution is -2.35. The molecule has 1 saturated carbocycles. The molecule has 0 N–H and O–H groups in total. The van der Waals surface area contributed by atoms with E-state index in [1.165, 1.54) is 14.2 Å². The summed E-state index contributed by atoms with van der Waals surface area (Å²) in [5, 5.41) is 0. The molecule has 1 rings (SSSR count). The topological polar surface area (TPSA) is 71.1 Å². The van der Waals surface area contributed by atoms with Crippen LogP contribution in [0.25, 0.3) is 0 Å². The first-order chi connectivity index (χ1) is 8.58. The van der Waals surface area contributed by atoms with Crippen LogP contribution in [0.2, 0.25) is 0 Å². The number of carbonyl (C=O) groups excluding carboxylic acids is 2. The van der Waals surface area contributed by atoms with Gasteiger partial charge in [0, 0.05) is 19.1 Å². The fourth-order valence-corrected chi connectivity index (χ4v) is 2.14. The van der Waals surface area contributed by atoms with E-state index >= 15 is 0 Å². The van der Waals surface area contributed by atoms with Crippen LogP contribution in [0, 0.1) is 11.3 Å². The molecule has 6 nitrogen and oxygen atoms in total. The molecular formula is C12H20O6. The molecule has 0 bridgehead atoms. The van der Waals surface area contributed by atoms with Crippen molar-refractivity contribution < 1.29 is 28.5 Å². The van der Waals surface area contributed by atoms with Crippen molar-refractivity contribution in [1.29, 1.82) is 0 Å². The minimum Gasteiger partial charge on any atom is -0.468 e. The average molecular weight is 260 g/mol. The molecule has 0 aromatic rings. The van der Waals surface area contributed by atoms with Crippen LogP contribution in [-0.4, -0.2) is 45.7 Å². The second kappa shape index (κ2) is 6.15. The van der Waals surface area contributed by atoms with Crippen LogP contribution in [0.15, 0.2) is 0 Å². The summed E-state index contributed by atoms with van der Waals surface area (Å²) in [6.45, 7) is 4.54. The maximum atomic E-state index is 11.8. The predicted molar refractivity (Wildman–Crippen MR) is 61.6 cm³/mol. The van der Waals surface area contributed by atoms with Crippen LogP contribution in [-0.2, 0) is 28.5 Å². The lowest BCUT2D eigenvalue weighted by molar-refractivity contribution is -0.176. The largest absolute Gasteiger partial charge is 0.468 e. The zero-order valence-electron chi connectivity index (χ0n) is 11.2. The molecule has 0 spiro atoms. The Morgan fingerprint density at radius 2 is 1.56 bits per heavy atom. The molecule has 104 valence electrons. The third-order valence-corrected chi connectivity index (χ3v) is 3.10. The molecule has 0 aliphatic heterocycles. The first-order valence-electron chi connectivity index (χ1n) is 5.98. The quantitative estimate of drug-likeness (QED) is 0.382. The van der Waals surface area contributed by atoms with Gasteiger partial charge in [-0.05, 0) is 20.3 Å². The van der Waals surface area contributed by atoms with Gasteiger partial charge in [-0.1, -0.05) is 0 Å². The molecule has 0 aromatic heterocycles. The summed E-state index contributed by atoms with van der Waals surface area (Å²) >= 11 is 0. The zero-order chi connectivity index (χ0) is 13.8. The molecule has 1 unspecified atom stereocenters. The molecule has 1 fully saturated rings. The normalized spacial score (nSPS) is 20.6. The molecule has 1 atom stereocenters. The van der Waals surface area contributed by atoms with Crippen LogP contribution >= 0.6 is 0 Å². The van der Waals surface area contributed by atoms with Crippen LogP contribution in [0.4, 0.5) is 0 Å². The van der Waals surface area contributed by atoms with E-state index in [2.05, 4.69) is 9.47 Å². The summed E-state index contributed by atoms with van der Waals surface area (Å²) < 4.78 is 20.2. The van der Waals surface area contributed by atoms with Gasteiger partial charge in [0.1, 0.15) is 0 Å². The molecule has 1 aliphatic rings. The van der Waals surface area contributed by atoms with Crippen molar-refractivity contribution in [3.8, 4) is 0 Å². The Labute approximate surface area is 107 Å². The van der Waals surface area contributed by atoms with Gasteiger partial charge in [0.05, 0.1) is 14.2 Å². The second-order valence-electron chi connectivity index (χ2n) is 4.04. The van der Waals surface area contributed by atoms with Gasteiger partial charge >= 0.3 is 11.9 Å². The Hall–Kier alpha value is -1.14. The fraction of sp³-hybridized carbons (Fsp3) is 0.833. The van der Waals surface area contributed by atoms with Gasteiger partial charge in [0.25, 0.3) is 0 Å². The van der Waals surface area contributed by atoms with E-state index in [-0.39, 0.29) is 5.92 Å². The Morgan fingerprint density at radius 3 is 1.89 bits per heavy atom. The first kappa shape index (κ1) is 14.9. The van der Waals surface area contributed by atoms with Crippen molar-refractivity contribution in [2.45, 2.75) is 26.6 Å². The van der Waals surface area contributed by atoms with Crippen molar-refractivity contribution in [3.05, 3.63) is 0 Å². The summed E-state index contributed by atoms with van der Waals surface area (Å²) in [5.74, 6) is -1.54. The lowest BCUT2D eigenvalue weighted by atomic mass is 10.0. The molecule has 0 amide bonds. The summed E-state index contributed by atoms with van der Waals surface area (Å²) in [6, 6.07) is 0. The summed E-state index contributed by atoms with van der Waals surface area (Å²) in [6.07, 6.45) is -0.255. The number of ether oxygens (including phenoxy) is 4. The fourth-order valence-electron chi connectivity index (χ4n) is 2.14. The maximum Gasteiger partial charge on any atom is 0.323 e. The second-order valence-corrected chi connectivity index (χ2v) is 4.04. The minimum absolute atomic E-state index is 0.330. The van der Waals surface area contributed by atoms with E-state index in [1.807, 2.05) is 13.8 Å². The van der Waals surface area contributed by atoms with E-state index in [4.69, 9.17) is 9.47 Å². The van der Waals surface area contributed by atoms with E-state index in [9.17, 15) is 9.59 Å². The first-order valence-corrected chi connectivity index (χ1v) is 5.98. The summed E-state index contributed by atoms with van der Waals surface area (Å²) in [4.78, 5) is 23.6. The van der Waals surface area contributed by atoms with Gasteiger partial charge in [-0.25, -0.2) is 0 Å². The number of carbonyl (C=O) groups is 2. The number of methoxy groups -OCH3 is 2. The van der Waals surface area contributed by atoms with E-state index in [1.54, 1.807) is 0 Å². The number of hydrogen-bond acceptors (Lipinski definition) is 6. The number of hydrogen-bond donors (Lipinski definition) is 0. The van der Waals surface area contributed by atoms with Crippen LogP contribution < -0.4 is 0 Å². The zero-order valence-corrected chi connectivity index (χ0v) is 11.2. The smallest absolute Gasteiger partial charge is 0.323 e. The Bertz CT molecular complexity index is 292. The van der Waals surface area contributed by atoms with Gasteiger partial charge in [0.2, 0.25) is 0 Å². The molecular weight excluding hydrogens is 240 g/mol. The Kier molecular flexibility index (Phi) is 5.10. The SMILES string of the molecule is CCOC(OCC)C1CC1(C(=O)OC)C(=O)OC. The van der Waals surface area contributed by atoms with Crippen LogP contribution in [0.5, 0.6) is 0 Å². The van der Waals surface area contributed by atoms with Crippen molar-refractivity contribution in [3.63, 3.8) is 0 Å². The highest BCUT2D eigenvalue weighted by atomic mass is 16.7. The standard InChI is InChI=1S/C12H20O6/c1-5-17-9(18-6-2)8-7-12(8,10(13)15-3)11(14)16-4/h8-9H,5-7H2,1-4H3. The Balaban J connectivity index is 2.85. The highest BCUT2D eigenvalue weighted by Gasteiger charge is 2.71. The van der Waals surface area contributed by atoms with Gasteiger partial charge in [-0.2, -0.15) is 0 Å². The van der Waals surface area contributed by atoms with Gasteiger partial charge in [-0.15, -0.1) is 0 Å². The highest BCUT2D eigenvalue weighted by molar-refractivity contribution is 6.03. The monoisotopic (exact) mass is 260 g/mol. The molecule has 18 heavy (non-hydrogen) atoms. The number of rotatable bonds is 7. The van der Waals surface area contributed by atoms with Crippen molar-refractivity contribution in [1.82, 2.24) is 0 Å². The molecule has 0 aromatic carbocycles. The highest BCUT2D eigenvalue weighted by Crippen LogP contribution is 2.57. The predicted octanol–water partition coefficient (Wildman–Crippen LogP) is 0.738. The van der Waals surface area contributed by atoms with Gasteiger partial charge in [-0.3, -0.25) is 9.59 Å². The summed E-state index contributed by atoms with van der Waals surface area (Å²) in [5.41, 5.74) is -1.27. The third-order valence-electron chi connectivity index (χ3n) is 3.10. The minimum atomic E-state index is -1.27. The lowest BCUT2D eigenvalue weighted by Gasteiger charge is -2.19. The average Bonchev–Trinajstić information content (AvgIpc) is 3.13. The van der Waals surface area contributed by atoms with E-state index in [0.717, 1.165) is 0 Å². The van der Waals surface area contributed by atoms with Crippen molar-refractivity contribution >= 4 is 11.9 Å². The molecule has 0 saturated heterocycles. The van der Waals surface area contributed by atoms with E-state index in [0.29, 0.717) is 19.6 Å². The van der Waals surface area contributed by atoms with Gasteiger partial charge < -0.3 is 18.9 Å². The molecule has 6 heteroatoms. The van der Waals surface area contributed by atoms with Crippen molar-refractivity contribution in [2.24, 2.45) is 11.3 Å². The number of esters is 2. The Morgan fingerprint density at radius 1 is 1.11 bits per heavy atom. The molecule has 1 aliphatic carbocycles. The maximum absolute atomic E-state index is 11.8. The molecule has 0 heterocycles. The third kappa shape index (κ3) is 2.49. The van der Waals surface area contributed by atoms with Crippen LogP contribution in [0.3, 0.4) is 0 Å².